The van der Waals surface area contributed by atoms with Crippen LogP contribution in [0.1, 0.15) is 18.1 Å². The van der Waals surface area contributed by atoms with Crippen molar-refractivity contribution in [3.8, 4) is 23.0 Å². The number of nitrogens with zero attached hydrogens (tertiary/aromatic N) is 5. The van der Waals surface area contributed by atoms with E-state index in [-0.39, 0.29) is 0 Å². The standard InChI is InChI=1S/C28H24N6O3/c1-17-13-25(35)37-23-14-18(7-8-20(17)23)16-34-22-6-4-3-5-21(22)26(33-34)28-30-15-24(36-2)27(32-28)31-19-9-11-29-12-10-19/h3-15,25,35H,16H2,1-2H3,(H,29,30,31,32). The number of pyridine rings is 1. The molecular formula is C28H24N6O3. The molecule has 1 aliphatic rings. The summed E-state index contributed by atoms with van der Waals surface area (Å²) in [5.74, 6) is 2.19. The van der Waals surface area contributed by atoms with E-state index in [4.69, 9.17) is 19.6 Å². The molecule has 3 aromatic heterocycles. The Bertz CT molecular complexity index is 1630. The van der Waals surface area contributed by atoms with Crippen LogP contribution in [0.5, 0.6) is 11.5 Å². The predicted octanol–water partition coefficient (Wildman–Crippen LogP) is 4.80. The topological polar surface area (TPSA) is 107 Å². The van der Waals surface area contributed by atoms with Crippen molar-refractivity contribution in [1.29, 1.82) is 0 Å². The van der Waals surface area contributed by atoms with Gasteiger partial charge in [0.25, 0.3) is 0 Å². The quantitative estimate of drug-likeness (QED) is 0.348. The lowest BCUT2D eigenvalue weighted by molar-refractivity contribution is 0.0224. The molecular weight excluding hydrogens is 468 g/mol. The molecule has 1 unspecified atom stereocenters. The van der Waals surface area contributed by atoms with E-state index in [1.54, 1.807) is 31.8 Å². The maximum Gasteiger partial charge on any atom is 0.217 e. The van der Waals surface area contributed by atoms with Gasteiger partial charge in [0.2, 0.25) is 6.29 Å². The Labute approximate surface area is 213 Å². The average molecular weight is 493 g/mol. The summed E-state index contributed by atoms with van der Waals surface area (Å²) < 4.78 is 13.0. The molecule has 0 aliphatic carbocycles. The second kappa shape index (κ2) is 9.36. The summed E-state index contributed by atoms with van der Waals surface area (Å²) in [6, 6.07) is 17.7. The zero-order valence-electron chi connectivity index (χ0n) is 20.3. The number of para-hydroxylation sites is 1. The monoisotopic (exact) mass is 492 g/mol. The Hall–Kier alpha value is -4.76. The van der Waals surface area contributed by atoms with Crippen LogP contribution in [0.3, 0.4) is 0 Å². The number of benzene rings is 2. The van der Waals surface area contributed by atoms with E-state index in [2.05, 4.69) is 15.3 Å². The lowest BCUT2D eigenvalue weighted by atomic mass is 10.0. The van der Waals surface area contributed by atoms with Gasteiger partial charge < -0.3 is 19.9 Å². The van der Waals surface area contributed by atoms with Gasteiger partial charge >= 0.3 is 0 Å². The van der Waals surface area contributed by atoms with Gasteiger partial charge in [-0.2, -0.15) is 5.10 Å². The smallest absolute Gasteiger partial charge is 0.217 e. The van der Waals surface area contributed by atoms with E-state index in [1.807, 2.05) is 66.2 Å². The summed E-state index contributed by atoms with van der Waals surface area (Å²) in [7, 11) is 1.58. The van der Waals surface area contributed by atoms with Crippen molar-refractivity contribution in [3.05, 3.63) is 90.4 Å². The summed E-state index contributed by atoms with van der Waals surface area (Å²) in [5.41, 5.74) is 5.41. The lowest BCUT2D eigenvalue weighted by Gasteiger charge is -2.21. The Morgan fingerprint density at radius 2 is 1.95 bits per heavy atom. The van der Waals surface area contributed by atoms with Crippen LogP contribution in [0.2, 0.25) is 0 Å². The normalized spacial score (nSPS) is 14.6. The number of aromatic nitrogens is 5. The van der Waals surface area contributed by atoms with Crippen LogP contribution in [0, 0.1) is 0 Å². The van der Waals surface area contributed by atoms with Crippen molar-refractivity contribution >= 4 is 28.0 Å². The first kappa shape index (κ1) is 22.7. The van der Waals surface area contributed by atoms with Crippen molar-refractivity contribution in [3.63, 3.8) is 0 Å². The maximum atomic E-state index is 9.98. The first-order valence-electron chi connectivity index (χ1n) is 11.8. The average Bonchev–Trinajstić information content (AvgIpc) is 3.27. The van der Waals surface area contributed by atoms with E-state index in [1.165, 1.54) is 0 Å². The van der Waals surface area contributed by atoms with Crippen LogP contribution in [-0.4, -0.2) is 43.2 Å². The molecule has 9 heteroatoms. The molecule has 37 heavy (non-hydrogen) atoms. The highest BCUT2D eigenvalue weighted by Crippen LogP contribution is 2.34. The van der Waals surface area contributed by atoms with Crippen molar-refractivity contribution in [2.75, 3.05) is 12.4 Å². The number of rotatable bonds is 6. The summed E-state index contributed by atoms with van der Waals surface area (Å²) in [4.78, 5) is 13.4. The first-order valence-corrected chi connectivity index (χ1v) is 11.8. The minimum atomic E-state index is -0.943. The third kappa shape index (κ3) is 4.36. The number of methoxy groups -OCH3 is 1. The zero-order chi connectivity index (χ0) is 25.4. The van der Waals surface area contributed by atoms with Crippen molar-refractivity contribution < 1.29 is 14.6 Å². The third-order valence-electron chi connectivity index (χ3n) is 6.23. The molecule has 5 aromatic rings. The Balaban J connectivity index is 1.38. The molecule has 9 nitrogen and oxygen atoms in total. The number of allylic oxidation sites excluding steroid dienone is 1. The number of aliphatic hydroxyl groups is 1. The summed E-state index contributed by atoms with van der Waals surface area (Å²) >= 11 is 0. The van der Waals surface area contributed by atoms with Crippen LogP contribution >= 0.6 is 0 Å². The summed E-state index contributed by atoms with van der Waals surface area (Å²) in [6.45, 7) is 2.47. The molecule has 0 saturated carbocycles. The number of anilines is 2. The highest BCUT2D eigenvalue weighted by atomic mass is 16.6. The number of hydrogen-bond donors (Lipinski definition) is 2. The van der Waals surface area contributed by atoms with Crippen molar-refractivity contribution in [2.45, 2.75) is 19.8 Å². The SMILES string of the molecule is COc1cnc(-c2nn(Cc3ccc4c(c3)OC(O)C=C4C)c3ccccc23)nc1Nc1ccncc1. The van der Waals surface area contributed by atoms with Crippen LogP contribution in [-0.2, 0) is 6.54 Å². The zero-order valence-corrected chi connectivity index (χ0v) is 20.3. The van der Waals surface area contributed by atoms with Gasteiger partial charge in [0.1, 0.15) is 11.4 Å². The fourth-order valence-corrected chi connectivity index (χ4v) is 4.44. The molecule has 2 aromatic carbocycles. The van der Waals surface area contributed by atoms with Gasteiger partial charge in [-0.05, 0) is 48.4 Å². The van der Waals surface area contributed by atoms with E-state index in [0.29, 0.717) is 35.4 Å². The largest absolute Gasteiger partial charge is 0.491 e. The molecule has 0 spiro atoms. The fraction of sp³-hybridized carbons (Fsp3) is 0.143. The molecule has 0 fully saturated rings. The molecule has 0 amide bonds. The Kier molecular flexibility index (Phi) is 5.74. The predicted molar refractivity (Wildman–Crippen MR) is 141 cm³/mol. The van der Waals surface area contributed by atoms with E-state index >= 15 is 0 Å². The number of aliphatic hydroxyl groups excluding tert-OH is 1. The molecule has 0 saturated heterocycles. The maximum absolute atomic E-state index is 9.98. The van der Waals surface area contributed by atoms with E-state index in [9.17, 15) is 5.11 Å². The summed E-state index contributed by atoms with van der Waals surface area (Å²) in [5, 5.41) is 19.1. The Morgan fingerprint density at radius 3 is 2.78 bits per heavy atom. The number of ether oxygens (including phenoxy) is 2. The fourth-order valence-electron chi connectivity index (χ4n) is 4.44. The van der Waals surface area contributed by atoms with Crippen molar-refractivity contribution in [1.82, 2.24) is 24.7 Å². The second-order valence-corrected chi connectivity index (χ2v) is 8.68. The third-order valence-corrected chi connectivity index (χ3v) is 6.23. The molecule has 0 bridgehead atoms. The van der Waals surface area contributed by atoms with Crippen LogP contribution in [0.15, 0.2) is 79.3 Å². The minimum absolute atomic E-state index is 0.477. The second-order valence-electron chi connectivity index (χ2n) is 8.68. The van der Waals surface area contributed by atoms with Gasteiger partial charge in [0.15, 0.2) is 17.4 Å². The van der Waals surface area contributed by atoms with Gasteiger partial charge in [-0.3, -0.25) is 9.67 Å². The van der Waals surface area contributed by atoms with Gasteiger partial charge in [0.05, 0.1) is 25.4 Å². The van der Waals surface area contributed by atoms with Crippen LogP contribution in [0.4, 0.5) is 11.5 Å². The number of fused-ring (bicyclic) bond motifs is 2. The molecule has 1 atom stereocenters. The Morgan fingerprint density at radius 1 is 1.11 bits per heavy atom. The summed E-state index contributed by atoms with van der Waals surface area (Å²) in [6.07, 6.45) is 5.80. The lowest BCUT2D eigenvalue weighted by Crippen LogP contribution is -2.17. The highest BCUT2D eigenvalue weighted by Gasteiger charge is 2.19. The van der Waals surface area contributed by atoms with Gasteiger partial charge in [0, 0.05) is 29.0 Å². The molecule has 6 rings (SSSR count). The van der Waals surface area contributed by atoms with E-state index in [0.717, 1.165) is 33.3 Å². The number of nitrogens with one attached hydrogen (secondary N) is 1. The van der Waals surface area contributed by atoms with E-state index < -0.39 is 6.29 Å². The first-order chi connectivity index (χ1) is 18.1. The van der Waals surface area contributed by atoms with Crippen LogP contribution in [0.25, 0.3) is 28.0 Å². The highest BCUT2D eigenvalue weighted by molar-refractivity contribution is 5.92. The van der Waals surface area contributed by atoms with Gasteiger partial charge in [-0.25, -0.2) is 9.97 Å². The molecule has 184 valence electrons. The van der Waals surface area contributed by atoms with Gasteiger partial charge in [-0.1, -0.05) is 30.3 Å². The van der Waals surface area contributed by atoms with Crippen LogP contribution < -0.4 is 14.8 Å². The van der Waals surface area contributed by atoms with Gasteiger partial charge in [-0.15, -0.1) is 0 Å². The minimum Gasteiger partial charge on any atom is -0.491 e. The number of hydrogen-bond acceptors (Lipinski definition) is 8. The molecule has 2 N–H and O–H groups in total. The molecule has 1 aliphatic heterocycles. The molecule has 0 radical (unpaired) electrons. The van der Waals surface area contributed by atoms with Crippen molar-refractivity contribution in [2.24, 2.45) is 0 Å². The molecule has 4 heterocycles.